The van der Waals surface area contributed by atoms with Crippen molar-refractivity contribution in [3.63, 3.8) is 0 Å². The van der Waals surface area contributed by atoms with E-state index in [4.69, 9.17) is 14.5 Å². The van der Waals surface area contributed by atoms with Crippen LogP contribution in [0.15, 0.2) is 76.0 Å². The molecule has 4 aliphatic rings. The van der Waals surface area contributed by atoms with E-state index in [1.54, 1.807) is 23.9 Å². The van der Waals surface area contributed by atoms with Gasteiger partial charge in [-0.05, 0) is 48.4 Å². The number of hydrogen-bond acceptors (Lipinski definition) is 7. The Morgan fingerprint density at radius 1 is 1.00 bits per heavy atom. The Kier molecular flexibility index (Phi) is 5.63. The van der Waals surface area contributed by atoms with Crippen molar-refractivity contribution >= 4 is 43.4 Å². The summed E-state index contributed by atoms with van der Waals surface area (Å²) in [6.45, 7) is 6.74. The van der Waals surface area contributed by atoms with Gasteiger partial charge in [-0.2, -0.15) is 4.31 Å². The lowest BCUT2D eigenvalue weighted by Gasteiger charge is -2.51. The number of hydrogen-bond donors (Lipinski definition) is 0. The summed E-state index contributed by atoms with van der Waals surface area (Å²) in [7, 11) is -3.54. The summed E-state index contributed by atoms with van der Waals surface area (Å²) in [5.41, 5.74) is 2.91. The number of rotatable bonds is 3. The SMILES string of the molecule is CC1(C)[C@H]2COc3ccc4ccccc4c3[C@H]2N=C2SC=C(c3ccc(S(=O)(=O)N4CCOCC4)cc3)N21. The number of thioether (sulfide) groups is 1. The number of ether oxygens (including phenoxy) is 2. The molecular formula is C29H29N3O4S2. The Morgan fingerprint density at radius 2 is 1.76 bits per heavy atom. The van der Waals surface area contributed by atoms with E-state index in [9.17, 15) is 8.42 Å². The second kappa shape index (κ2) is 8.84. The van der Waals surface area contributed by atoms with Crippen LogP contribution in [0.5, 0.6) is 5.75 Å². The Balaban J connectivity index is 1.24. The van der Waals surface area contributed by atoms with Gasteiger partial charge in [0.05, 0.1) is 36.5 Å². The lowest BCUT2D eigenvalue weighted by molar-refractivity contribution is 0.0730. The zero-order valence-corrected chi connectivity index (χ0v) is 23.0. The maximum absolute atomic E-state index is 13.1. The first-order valence-corrected chi connectivity index (χ1v) is 15.3. The van der Waals surface area contributed by atoms with Crippen LogP contribution in [0.1, 0.15) is 31.0 Å². The third-order valence-corrected chi connectivity index (χ3v) is 11.0. The summed E-state index contributed by atoms with van der Waals surface area (Å²) in [6, 6.07) is 19.9. The van der Waals surface area contributed by atoms with Crippen LogP contribution in [0.4, 0.5) is 0 Å². The normalized spacial score (nSPS) is 24.6. The van der Waals surface area contributed by atoms with Crippen LogP contribution < -0.4 is 4.74 Å². The van der Waals surface area contributed by atoms with E-state index in [1.165, 1.54) is 20.6 Å². The first-order valence-electron chi connectivity index (χ1n) is 12.9. The summed E-state index contributed by atoms with van der Waals surface area (Å²) in [4.78, 5) is 7.93. The zero-order valence-electron chi connectivity index (χ0n) is 21.3. The van der Waals surface area contributed by atoms with Gasteiger partial charge in [-0.1, -0.05) is 54.2 Å². The number of nitrogens with zero attached hydrogens (tertiary/aromatic N) is 3. The highest BCUT2D eigenvalue weighted by Gasteiger charge is 2.51. The standard InChI is InChI=1S/C29H29N3O4S2/c1-29(2)23-17-36-25-12-9-19-5-3-4-6-22(19)26(25)27(23)30-28-32(29)24(18-37-28)20-7-10-21(11-8-20)38(33,34)31-13-15-35-16-14-31/h3-12,18,23,27H,13-17H2,1-2H3/t23-,27-/m0/s1. The van der Waals surface area contributed by atoms with Gasteiger partial charge >= 0.3 is 0 Å². The van der Waals surface area contributed by atoms with Crippen LogP contribution in [0.2, 0.25) is 0 Å². The van der Waals surface area contributed by atoms with E-state index >= 15 is 0 Å². The van der Waals surface area contributed by atoms with Crippen molar-refractivity contribution in [2.24, 2.45) is 10.9 Å². The molecule has 4 aliphatic heterocycles. The molecule has 0 spiro atoms. The summed E-state index contributed by atoms with van der Waals surface area (Å²) in [5, 5.41) is 5.49. The highest BCUT2D eigenvalue weighted by molar-refractivity contribution is 8.16. The van der Waals surface area contributed by atoms with E-state index < -0.39 is 10.0 Å². The molecule has 0 radical (unpaired) electrons. The molecule has 0 aliphatic carbocycles. The van der Waals surface area contributed by atoms with Crippen LogP contribution >= 0.6 is 11.8 Å². The molecule has 0 N–H and O–H groups in total. The van der Waals surface area contributed by atoms with Crippen molar-refractivity contribution in [3.8, 4) is 5.75 Å². The van der Waals surface area contributed by atoms with Gasteiger partial charge in [-0.25, -0.2) is 8.42 Å². The number of amidine groups is 1. The minimum Gasteiger partial charge on any atom is -0.493 e. The molecule has 3 aromatic rings. The minimum atomic E-state index is -3.54. The second-order valence-corrected chi connectivity index (χ2v) is 13.4. The molecule has 1 saturated heterocycles. The highest BCUT2D eigenvalue weighted by atomic mass is 32.2. The molecule has 0 aromatic heterocycles. The van der Waals surface area contributed by atoms with E-state index in [2.05, 4.69) is 60.6 Å². The van der Waals surface area contributed by atoms with Crippen LogP contribution in [0.25, 0.3) is 16.5 Å². The highest BCUT2D eigenvalue weighted by Crippen LogP contribution is 2.54. The summed E-state index contributed by atoms with van der Waals surface area (Å²) in [6.07, 6.45) is 0. The second-order valence-electron chi connectivity index (χ2n) is 10.6. The number of aliphatic imine (C=N–C) groups is 1. The number of fused-ring (bicyclic) bond motifs is 6. The monoisotopic (exact) mass is 547 g/mol. The first kappa shape index (κ1) is 24.2. The number of benzene rings is 3. The van der Waals surface area contributed by atoms with Crippen molar-refractivity contribution in [1.29, 1.82) is 0 Å². The predicted octanol–water partition coefficient (Wildman–Crippen LogP) is 5.11. The van der Waals surface area contributed by atoms with Gasteiger partial charge in [0.1, 0.15) is 5.75 Å². The third-order valence-electron chi connectivity index (χ3n) is 8.23. The zero-order chi connectivity index (χ0) is 26.1. The molecule has 38 heavy (non-hydrogen) atoms. The van der Waals surface area contributed by atoms with Gasteiger partial charge < -0.3 is 14.4 Å². The van der Waals surface area contributed by atoms with Crippen LogP contribution in [-0.4, -0.2) is 61.2 Å². The molecular weight excluding hydrogens is 518 g/mol. The Hall–Kier alpha value is -2.85. The topological polar surface area (TPSA) is 71.4 Å². The van der Waals surface area contributed by atoms with E-state index in [0.29, 0.717) is 37.8 Å². The van der Waals surface area contributed by atoms with Crippen molar-refractivity contribution in [2.45, 2.75) is 30.3 Å². The molecule has 7 nitrogen and oxygen atoms in total. The molecule has 0 unspecified atom stereocenters. The first-order chi connectivity index (χ1) is 18.4. The molecule has 0 bridgehead atoms. The van der Waals surface area contributed by atoms with Crippen LogP contribution in [0.3, 0.4) is 0 Å². The van der Waals surface area contributed by atoms with Crippen molar-refractivity contribution in [3.05, 3.63) is 77.2 Å². The van der Waals surface area contributed by atoms with Gasteiger partial charge in [0, 0.05) is 35.5 Å². The maximum atomic E-state index is 13.1. The van der Waals surface area contributed by atoms with Gasteiger partial charge in [0.15, 0.2) is 5.17 Å². The smallest absolute Gasteiger partial charge is 0.243 e. The molecule has 2 atom stereocenters. The lowest BCUT2D eigenvalue weighted by atomic mass is 9.74. The van der Waals surface area contributed by atoms with Gasteiger partial charge in [0.25, 0.3) is 0 Å². The van der Waals surface area contributed by atoms with Gasteiger partial charge in [0.2, 0.25) is 10.0 Å². The van der Waals surface area contributed by atoms with Crippen LogP contribution in [0, 0.1) is 5.92 Å². The fourth-order valence-corrected chi connectivity index (χ4v) is 8.58. The van der Waals surface area contributed by atoms with Crippen molar-refractivity contribution < 1.29 is 17.9 Å². The quantitative estimate of drug-likeness (QED) is 0.454. The fraction of sp³-hybridized carbons (Fsp3) is 0.345. The molecule has 9 heteroatoms. The predicted molar refractivity (Wildman–Crippen MR) is 151 cm³/mol. The molecule has 7 rings (SSSR count). The fourth-order valence-electron chi connectivity index (χ4n) is 6.10. The Bertz CT molecular complexity index is 1590. The molecule has 3 aromatic carbocycles. The van der Waals surface area contributed by atoms with Crippen molar-refractivity contribution in [2.75, 3.05) is 32.9 Å². The number of sulfonamides is 1. The minimum absolute atomic E-state index is 0.00684. The average molecular weight is 548 g/mol. The molecule has 4 heterocycles. The van der Waals surface area contributed by atoms with Crippen LogP contribution in [-0.2, 0) is 14.8 Å². The molecule has 196 valence electrons. The lowest BCUT2D eigenvalue weighted by Crippen LogP contribution is -2.56. The van der Waals surface area contributed by atoms with E-state index in [1.807, 2.05) is 12.1 Å². The Labute approximate surface area is 227 Å². The van der Waals surface area contributed by atoms with E-state index in [-0.39, 0.29) is 17.5 Å². The molecule has 0 amide bonds. The largest absolute Gasteiger partial charge is 0.493 e. The number of morpholine rings is 1. The summed E-state index contributed by atoms with van der Waals surface area (Å²) < 4.78 is 39.4. The average Bonchev–Trinajstić information content (AvgIpc) is 3.38. The summed E-state index contributed by atoms with van der Waals surface area (Å²) in [5.74, 6) is 1.07. The molecule has 1 fully saturated rings. The summed E-state index contributed by atoms with van der Waals surface area (Å²) >= 11 is 1.63. The maximum Gasteiger partial charge on any atom is 0.243 e. The van der Waals surface area contributed by atoms with Crippen molar-refractivity contribution in [1.82, 2.24) is 9.21 Å². The van der Waals surface area contributed by atoms with Gasteiger partial charge in [-0.15, -0.1) is 0 Å². The third kappa shape index (κ3) is 3.63. The molecule has 0 saturated carbocycles. The Morgan fingerprint density at radius 3 is 2.55 bits per heavy atom. The van der Waals surface area contributed by atoms with E-state index in [0.717, 1.165) is 22.2 Å². The van der Waals surface area contributed by atoms with Gasteiger partial charge in [-0.3, -0.25) is 4.99 Å².